The van der Waals surface area contributed by atoms with Gasteiger partial charge < -0.3 is 19.8 Å². The number of para-hydroxylation sites is 2. The molecule has 0 fully saturated rings. The van der Waals surface area contributed by atoms with Crippen LogP contribution in [0, 0.1) is 0 Å². The summed E-state index contributed by atoms with van der Waals surface area (Å²) in [5.41, 5.74) is 0. The van der Waals surface area contributed by atoms with Crippen LogP contribution >= 0.6 is 0 Å². The molecule has 2 aromatic rings. The fraction of sp³-hybridized carbons (Fsp3) is 0.333. The monoisotopic (exact) mass is 289 g/mol. The molecule has 0 spiro atoms. The van der Waals surface area contributed by atoms with Gasteiger partial charge in [-0.05, 0) is 18.6 Å². The Morgan fingerprint density at radius 2 is 2.14 bits per heavy atom. The highest BCUT2D eigenvalue weighted by molar-refractivity contribution is 5.77. The molecule has 1 amide bonds. The predicted molar refractivity (Wildman–Crippen MR) is 78.4 cm³/mol. The van der Waals surface area contributed by atoms with Gasteiger partial charge in [0.2, 0.25) is 0 Å². The molecule has 0 unspecified atom stereocenters. The van der Waals surface area contributed by atoms with Crippen molar-refractivity contribution >= 4 is 5.91 Å². The molecule has 0 aliphatic carbocycles. The first-order chi connectivity index (χ1) is 10.3. The lowest BCUT2D eigenvalue weighted by Crippen LogP contribution is -2.30. The van der Waals surface area contributed by atoms with Gasteiger partial charge in [-0.15, -0.1) is 0 Å². The average molecular weight is 289 g/mol. The minimum Gasteiger partial charge on any atom is -0.493 e. The van der Waals surface area contributed by atoms with E-state index in [0.29, 0.717) is 18.0 Å². The lowest BCUT2D eigenvalue weighted by molar-refractivity contribution is -0.123. The van der Waals surface area contributed by atoms with E-state index in [-0.39, 0.29) is 12.5 Å². The number of amides is 1. The highest BCUT2D eigenvalue weighted by Crippen LogP contribution is 2.25. The number of aryl methyl sites for hydroxylation is 1. The van der Waals surface area contributed by atoms with Crippen LogP contribution in [0.5, 0.6) is 11.5 Å². The van der Waals surface area contributed by atoms with E-state index in [1.807, 2.05) is 12.1 Å². The lowest BCUT2D eigenvalue weighted by atomic mass is 10.3. The number of carbonyl (C=O) groups is 1. The molecule has 112 valence electrons. The molecule has 21 heavy (non-hydrogen) atoms. The van der Waals surface area contributed by atoms with Gasteiger partial charge in [0.15, 0.2) is 18.1 Å². The van der Waals surface area contributed by atoms with E-state index in [1.165, 1.54) is 0 Å². The van der Waals surface area contributed by atoms with Crippen LogP contribution in [0.15, 0.2) is 36.7 Å². The third-order valence-electron chi connectivity index (χ3n) is 2.90. The van der Waals surface area contributed by atoms with Gasteiger partial charge in [-0.1, -0.05) is 12.1 Å². The number of nitrogens with one attached hydrogen (secondary N) is 2. The molecule has 0 bridgehead atoms. The van der Waals surface area contributed by atoms with Gasteiger partial charge in [-0.2, -0.15) is 0 Å². The summed E-state index contributed by atoms with van der Waals surface area (Å²) < 4.78 is 10.6. The number of H-pyrrole nitrogens is 1. The minimum atomic E-state index is -0.152. The van der Waals surface area contributed by atoms with E-state index < -0.39 is 0 Å². The second kappa shape index (κ2) is 7.94. The van der Waals surface area contributed by atoms with Gasteiger partial charge in [-0.3, -0.25) is 4.79 Å². The summed E-state index contributed by atoms with van der Waals surface area (Å²) in [7, 11) is 1.57. The van der Waals surface area contributed by atoms with E-state index in [2.05, 4.69) is 15.3 Å². The van der Waals surface area contributed by atoms with Crippen molar-refractivity contribution in [2.45, 2.75) is 12.8 Å². The van der Waals surface area contributed by atoms with Crippen LogP contribution < -0.4 is 14.8 Å². The van der Waals surface area contributed by atoms with Crippen LogP contribution in [-0.2, 0) is 11.2 Å². The van der Waals surface area contributed by atoms with Crippen molar-refractivity contribution in [3.8, 4) is 11.5 Å². The Hall–Kier alpha value is -2.50. The quantitative estimate of drug-likeness (QED) is 0.723. The Labute approximate surface area is 123 Å². The van der Waals surface area contributed by atoms with Crippen LogP contribution in [0.25, 0.3) is 0 Å². The number of aromatic nitrogens is 2. The normalized spacial score (nSPS) is 10.1. The van der Waals surface area contributed by atoms with Crippen molar-refractivity contribution in [3.63, 3.8) is 0 Å². The molecule has 0 saturated carbocycles. The maximum atomic E-state index is 11.7. The molecule has 0 aliphatic rings. The molecular formula is C15H19N3O3. The molecule has 0 saturated heterocycles. The zero-order chi connectivity index (χ0) is 14.9. The van der Waals surface area contributed by atoms with E-state index in [0.717, 1.165) is 18.7 Å². The Morgan fingerprint density at radius 3 is 2.86 bits per heavy atom. The number of hydrogen-bond donors (Lipinski definition) is 2. The molecule has 6 nitrogen and oxygen atoms in total. The van der Waals surface area contributed by atoms with E-state index in [1.54, 1.807) is 31.6 Å². The van der Waals surface area contributed by atoms with Gasteiger partial charge in [0.1, 0.15) is 5.82 Å². The average Bonchev–Trinajstić information content (AvgIpc) is 3.03. The number of aromatic amines is 1. The third kappa shape index (κ3) is 4.83. The summed E-state index contributed by atoms with van der Waals surface area (Å²) in [6, 6.07) is 7.24. The predicted octanol–water partition coefficient (Wildman–Crippen LogP) is 1.55. The van der Waals surface area contributed by atoms with Gasteiger partial charge in [-0.25, -0.2) is 4.98 Å². The van der Waals surface area contributed by atoms with Crippen LogP contribution in [0.2, 0.25) is 0 Å². The van der Waals surface area contributed by atoms with Crippen LogP contribution in [0.3, 0.4) is 0 Å². The first kappa shape index (κ1) is 14.9. The fourth-order valence-electron chi connectivity index (χ4n) is 1.85. The first-order valence-corrected chi connectivity index (χ1v) is 6.80. The number of ether oxygens (including phenoxy) is 2. The lowest BCUT2D eigenvalue weighted by Gasteiger charge is -2.10. The summed E-state index contributed by atoms with van der Waals surface area (Å²) in [6.07, 6.45) is 5.14. The highest BCUT2D eigenvalue weighted by atomic mass is 16.5. The second-order valence-corrected chi connectivity index (χ2v) is 4.43. The van der Waals surface area contributed by atoms with Crippen molar-refractivity contribution < 1.29 is 14.3 Å². The Kier molecular flexibility index (Phi) is 5.63. The number of carbonyl (C=O) groups excluding carboxylic acids is 1. The van der Waals surface area contributed by atoms with E-state index in [9.17, 15) is 4.79 Å². The summed E-state index contributed by atoms with van der Waals surface area (Å²) in [5.74, 6) is 1.95. The van der Waals surface area contributed by atoms with Crippen molar-refractivity contribution in [1.29, 1.82) is 0 Å². The van der Waals surface area contributed by atoms with Gasteiger partial charge >= 0.3 is 0 Å². The van der Waals surface area contributed by atoms with Crippen molar-refractivity contribution in [3.05, 3.63) is 42.5 Å². The molecule has 0 aliphatic heterocycles. The molecule has 2 N–H and O–H groups in total. The number of imidazole rings is 1. The maximum absolute atomic E-state index is 11.7. The topological polar surface area (TPSA) is 76.2 Å². The van der Waals surface area contributed by atoms with Crippen LogP contribution in [0.4, 0.5) is 0 Å². The van der Waals surface area contributed by atoms with Crippen LogP contribution in [-0.4, -0.2) is 36.1 Å². The Morgan fingerprint density at radius 1 is 1.33 bits per heavy atom. The second-order valence-electron chi connectivity index (χ2n) is 4.43. The number of rotatable bonds is 8. The maximum Gasteiger partial charge on any atom is 0.257 e. The molecule has 1 aromatic heterocycles. The molecular weight excluding hydrogens is 270 g/mol. The molecule has 0 atom stereocenters. The smallest absolute Gasteiger partial charge is 0.257 e. The highest BCUT2D eigenvalue weighted by Gasteiger charge is 2.06. The zero-order valence-electron chi connectivity index (χ0n) is 12.0. The van der Waals surface area contributed by atoms with Gasteiger partial charge in [0, 0.05) is 25.4 Å². The standard InChI is InChI=1S/C15H19N3O3/c1-20-12-5-2-3-6-13(12)21-11-15(19)18-8-4-7-14-16-9-10-17-14/h2-3,5-6,9-10H,4,7-8,11H2,1H3,(H,16,17)(H,18,19). The number of methoxy groups -OCH3 is 1. The SMILES string of the molecule is COc1ccccc1OCC(=O)NCCCc1ncc[nH]1. The molecule has 1 heterocycles. The number of nitrogens with zero attached hydrogens (tertiary/aromatic N) is 1. The third-order valence-corrected chi connectivity index (χ3v) is 2.90. The molecule has 1 aromatic carbocycles. The van der Waals surface area contributed by atoms with Crippen molar-refractivity contribution in [1.82, 2.24) is 15.3 Å². The van der Waals surface area contributed by atoms with Gasteiger partial charge in [0.05, 0.1) is 7.11 Å². The summed E-state index contributed by atoms with van der Waals surface area (Å²) in [6.45, 7) is 0.565. The Balaban J connectivity index is 1.65. The first-order valence-electron chi connectivity index (χ1n) is 6.80. The van der Waals surface area contributed by atoms with Gasteiger partial charge in [0.25, 0.3) is 5.91 Å². The Bertz CT molecular complexity index is 555. The largest absolute Gasteiger partial charge is 0.493 e. The molecule has 2 rings (SSSR count). The molecule has 6 heteroatoms. The fourth-order valence-corrected chi connectivity index (χ4v) is 1.85. The van der Waals surface area contributed by atoms with E-state index in [4.69, 9.17) is 9.47 Å². The number of hydrogen-bond acceptors (Lipinski definition) is 4. The zero-order valence-corrected chi connectivity index (χ0v) is 12.0. The minimum absolute atomic E-state index is 0.0267. The van der Waals surface area contributed by atoms with E-state index >= 15 is 0 Å². The number of benzene rings is 1. The summed E-state index contributed by atoms with van der Waals surface area (Å²) in [4.78, 5) is 18.8. The molecule has 0 radical (unpaired) electrons. The van der Waals surface area contributed by atoms with Crippen molar-refractivity contribution in [2.24, 2.45) is 0 Å². The van der Waals surface area contributed by atoms with Crippen LogP contribution in [0.1, 0.15) is 12.2 Å². The van der Waals surface area contributed by atoms with Crippen molar-refractivity contribution in [2.75, 3.05) is 20.3 Å². The summed E-state index contributed by atoms with van der Waals surface area (Å²) >= 11 is 0. The summed E-state index contributed by atoms with van der Waals surface area (Å²) in [5, 5.41) is 2.81.